The highest BCUT2D eigenvalue weighted by Gasteiger charge is 2.49. The first-order valence-corrected chi connectivity index (χ1v) is 45.4. The van der Waals surface area contributed by atoms with Crippen molar-refractivity contribution in [3.8, 4) is 67.5 Å². The summed E-state index contributed by atoms with van der Waals surface area (Å²) in [5, 5.41) is 2.04. The number of ether oxygens (including phenoxy) is 2. The SMILES string of the molecule is C=Cc1ccc(Oc2ccc(C3(c4ccc(F)cc4)c4ccccc4-c4ccc(N(c5ccccc5)c5ccc(-c6ccc(N(c7ccccc7)c7ccc8c(c7)oc7cc(N(c9ccccc9)c9ccc(-c%10ccc(N(c%11ccccc%11)c%11ccc%12c(c%11)C(c%11ccc(F)cc%11)(c%11ccc(Oc%13ccc(C=C)cc%13)cc%11)c%11ccccc%11-%12)cc%10)cc9)ccc78)cc6)cc5)cc43)cc2)cc1. The Morgan fingerprint density at radius 1 is 0.215 bits per heavy atom. The Kier molecular flexibility index (Phi) is 21.0. The molecule has 0 amide bonds. The molecule has 1 heterocycles. The second kappa shape index (κ2) is 34.7. The lowest BCUT2D eigenvalue weighted by Crippen LogP contribution is -2.28. The van der Waals surface area contributed by atoms with Gasteiger partial charge in [-0.1, -0.05) is 280 Å². The van der Waals surface area contributed by atoms with Crippen LogP contribution in [-0.2, 0) is 10.8 Å². The molecule has 0 spiro atoms. The lowest BCUT2D eigenvalue weighted by atomic mass is 9.67. The van der Waals surface area contributed by atoms with Gasteiger partial charge in [0.1, 0.15) is 45.8 Å². The second-order valence-electron chi connectivity index (χ2n) is 34.2. The summed E-state index contributed by atoms with van der Waals surface area (Å²) in [5.41, 5.74) is 30.9. The number of rotatable bonds is 24. The molecule has 0 aliphatic heterocycles. The van der Waals surface area contributed by atoms with Crippen molar-refractivity contribution >= 4 is 102 Å². The zero-order chi connectivity index (χ0) is 90.5. The van der Waals surface area contributed by atoms with E-state index in [2.05, 4.69) is 397 Å². The molecule has 21 aromatic rings. The zero-order valence-corrected chi connectivity index (χ0v) is 73.5. The van der Waals surface area contributed by atoms with Gasteiger partial charge in [-0.15, -0.1) is 0 Å². The Bertz CT molecular complexity index is 7490. The van der Waals surface area contributed by atoms with Gasteiger partial charge in [0.15, 0.2) is 0 Å². The quantitative estimate of drug-likeness (QED) is 0.0597. The van der Waals surface area contributed by atoms with Crippen molar-refractivity contribution in [2.75, 3.05) is 19.6 Å². The third-order valence-corrected chi connectivity index (χ3v) is 26.6. The van der Waals surface area contributed by atoms with E-state index < -0.39 is 10.8 Å². The van der Waals surface area contributed by atoms with Crippen LogP contribution in [0, 0.1) is 11.6 Å². The van der Waals surface area contributed by atoms with E-state index in [0.29, 0.717) is 11.5 Å². The average molecular weight is 1740 g/mol. The van der Waals surface area contributed by atoms with Crippen molar-refractivity contribution in [1.82, 2.24) is 0 Å². The van der Waals surface area contributed by atoms with Crippen molar-refractivity contribution in [2.24, 2.45) is 0 Å². The van der Waals surface area contributed by atoms with Crippen molar-refractivity contribution in [3.63, 3.8) is 0 Å². The van der Waals surface area contributed by atoms with Crippen LogP contribution in [0.2, 0.25) is 0 Å². The van der Waals surface area contributed by atoms with Gasteiger partial charge in [-0.25, -0.2) is 8.78 Å². The molecule has 0 radical (unpaired) electrons. The Balaban J connectivity index is 0.526. The number of halogens is 2. The van der Waals surface area contributed by atoms with Gasteiger partial charge >= 0.3 is 0 Å². The predicted octanol–water partition coefficient (Wildman–Crippen LogP) is 34.7. The molecule has 0 saturated carbocycles. The van der Waals surface area contributed by atoms with E-state index in [1.165, 1.54) is 0 Å². The molecule has 2 unspecified atom stereocenters. The Morgan fingerprint density at radius 3 is 0.748 bits per heavy atom. The normalized spacial score (nSPS) is 13.8. The molecule has 23 rings (SSSR count). The summed E-state index contributed by atoms with van der Waals surface area (Å²) >= 11 is 0. The molecule has 0 fully saturated rings. The summed E-state index contributed by atoms with van der Waals surface area (Å²) < 4.78 is 50.2. The highest BCUT2D eigenvalue weighted by molar-refractivity contribution is 6.08. The molecule has 2 aliphatic carbocycles. The Morgan fingerprint density at radius 2 is 0.452 bits per heavy atom. The van der Waals surface area contributed by atoms with Crippen LogP contribution in [-0.4, -0.2) is 0 Å². The molecule has 135 heavy (non-hydrogen) atoms. The van der Waals surface area contributed by atoms with Crippen LogP contribution >= 0.6 is 0 Å². The lowest BCUT2D eigenvalue weighted by Gasteiger charge is -2.35. The molecule has 0 bridgehead atoms. The van der Waals surface area contributed by atoms with E-state index >= 15 is 8.78 Å². The fourth-order valence-corrected chi connectivity index (χ4v) is 20.3. The van der Waals surface area contributed by atoms with E-state index in [0.717, 1.165) is 202 Å². The number of hydrogen-bond acceptors (Lipinski definition) is 7. The second-order valence-corrected chi connectivity index (χ2v) is 34.2. The minimum absolute atomic E-state index is 0.296. The maximum Gasteiger partial charge on any atom is 0.137 e. The number of fused-ring (bicyclic) bond motifs is 9. The maximum atomic E-state index is 15.2. The van der Waals surface area contributed by atoms with Gasteiger partial charge in [0.05, 0.1) is 10.8 Å². The summed E-state index contributed by atoms with van der Waals surface area (Å²) in [6, 6.07) is 168. The van der Waals surface area contributed by atoms with E-state index in [4.69, 9.17) is 13.9 Å². The first kappa shape index (κ1) is 81.8. The molecule has 20 aromatic carbocycles. The molecule has 2 aliphatic rings. The lowest BCUT2D eigenvalue weighted by molar-refractivity contribution is 0.482. The Labute approximate surface area is 783 Å². The van der Waals surface area contributed by atoms with E-state index in [-0.39, 0.29) is 11.6 Å². The fourth-order valence-electron chi connectivity index (χ4n) is 20.3. The fraction of sp³-hybridized carbons (Fsp3) is 0.0159. The van der Waals surface area contributed by atoms with Crippen LogP contribution in [0.15, 0.2) is 503 Å². The number of anilines is 12. The largest absolute Gasteiger partial charge is 0.457 e. The Hall–Kier alpha value is -17.7. The minimum atomic E-state index is -0.827. The molecule has 2 atom stereocenters. The molecular formula is C126H86F2N4O3. The van der Waals surface area contributed by atoms with Crippen LogP contribution in [0.3, 0.4) is 0 Å². The third-order valence-electron chi connectivity index (χ3n) is 26.6. The van der Waals surface area contributed by atoms with Gasteiger partial charge in [0.2, 0.25) is 0 Å². The number of hydrogen-bond donors (Lipinski definition) is 0. The number of furan rings is 1. The van der Waals surface area contributed by atoms with Crippen LogP contribution in [0.25, 0.3) is 78.6 Å². The molecule has 9 heteroatoms. The molecule has 0 saturated heterocycles. The summed E-state index contributed by atoms with van der Waals surface area (Å²) in [6.07, 6.45) is 3.64. The van der Waals surface area contributed by atoms with Gasteiger partial charge in [-0.05, 0) is 319 Å². The monoisotopic (exact) mass is 1740 g/mol. The van der Waals surface area contributed by atoms with E-state index in [9.17, 15) is 0 Å². The van der Waals surface area contributed by atoms with Crippen LogP contribution in [0.4, 0.5) is 77.0 Å². The molecular weight excluding hydrogens is 1660 g/mol. The molecule has 0 N–H and O–H groups in total. The summed E-state index contributed by atoms with van der Waals surface area (Å²) in [7, 11) is 0. The average Bonchev–Trinajstić information content (AvgIpc) is 1.54. The predicted molar refractivity (Wildman–Crippen MR) is 551 cm³/mol. The zero-order valence-electron chi connectivity index (χ0n) is 73.5. The summed E-state index contributed by atoms with van der Waals surface area (Å²) in [6.45, 7) is 7.83. The van der Waals surface area contributed by atoms with E-state index in [1.54, 1.807) is 24.3 Å². The first-order chi connectivity index (χ1) is 66.6. The van der Waals surface area contributed by atoms with Crippen molar-refractivity contribution < 1.29 is 22.7 Å². The number of benzene rings is 20. The molecule has 7 nitrogen and oxygen atoms in total. The van der Waals surface area contributed by atoms with Gasteiger partial charge in [0, 0.05) is 91.2 Å². The van der Waals surface area contributed by atoms with Crippen LogP contribution in [0.5, 0.6) is 23.0 Å². The molecule has 642 valence electrons. The van der Waals surface area contributed by atoms with Gasteiger partial charge < -0.3 is 33.5 Å². The van der Waals surface area contributed by atoms with Crippen molar-refractivity contribution in [2.45, 2.75) is 10.8 Å². The van der Waals surface area contributed by atoms with Gasteiger partial charge in [-0.2, -0.15) is 0 Å². The smallest absolute Gasteiger partial charge is 0.137 e. The maximum absolute atomic E-state index is 15.2. The third kappa shape index (κ3) is 14.8. The summed E-state index contributed by atoms with van der Waals surface area (Å²) in [4.78, 5) is 9.21. The molecule has 1 aromatic heterocycles. The summed E-state index contributed by atoms with van der Waals surface area (Å²) in [5.74, 6) is 2.27. The standard InChI is InChI=1S/C126H86F2N4O3/c1-3-85-33-69-109(70-34-85)133-111-73-49-93(50-74-111)125(91-45-53-95(127)54-46-91)119-31-19-17-29-113(119)115-77-65-105(81-121(115)125)129(97-21-9-5-10-22-97)101-57-37-87(38-58-101)89-41-61-103(62-42-89)131(99-25-13-7-14-26-99)107-67-79-117-118-80-68-108(84-124(118)135-123(117)83-107)132(100-27-15-8-16-28-100)104-63-43-90(44-64-104)88-39-59-102(60-40-88)130(98-23-11-6-12-24-98)106-66-78-116-114-30-18-20-32-120(114)126(122(116)82-106,92-47-55-96(128)56-48-92)94-51-75-112(76-52-94)134-110-71-35-86(4-2)36-72-110/h3-84H,1-2H2. The van der Waals surface area contributed by atoms with Crippen molar-refractivity contribution in [1.29, 1.82) is 0 Å². The van der Waals surface area contributed by atoms with Crippen LogP contribution in [0.1, 0.15) is 55.6 Å². The van der Waals surface area contributed by atoms with Crippen molar-refractivity contribution in [3.05, 3.63) is 566 Å². The van der Waals surface area contributed by atoms with Crippen LogP contribution < -0.4 is 29.1 Å². The minimum Gasteiger partial charge on any atom is -0.457 e. The first-order valence-electron chi connectivity index (χ1n) is 45.4. The number of para-hydroxylation sites is 4. The highest BCUT2D eigenvalue weighted by Crippen LogP contribution is 2.61. The van der Waals surface area contributed by atoms with Gasteiger partial charge in [0.25, 0.3) is 0 Å². The number of nitrogens with zero attached hydrogens (tertiary/aromatic N) is 4. The van der Waals surface area contributed by atoms with E-state index in [1.807, 2.05) is 109 Å². The highest BCUT2D eigenvalue weighted by atomic mass is 19.1. The topological polar surface area (TPSA) is 44.6 Å². The van der Waals surface area contributed by atoms with Gasteiger partial charge in [-0.3, -0.25) is 0 Å².